The molecule has 0 spiro atoms. The van der Waals surface area contributed by atoms with E-state index >= 15 is 0 Å². The molecule has 0 amide bonds. The molecular weight excluding hydrogens is 289 g/mol. The third-order valence-corrected chi connectivity index (χ3v) is 3.67. The lowest BCUT2D eigenvalue weighted by atomic mass is 10.1. The summed E-state index contributed by atoms with van der Waals surface area (Å²) in [5, 5.41) is 12.4. The Kier molecular flexibility index (Phi) is 5.59. The van der Waals surface area contributed by atoms with Crippen molar-refractivity contribution < 1.29 is 9.50 Å². The molecule has 4 heteroatoms. The van der Waals surface area contributed by atoms with Gasteiger partial charge in [-0.25, -0.2) is 4.39 Å². The topological polar surface area (TPSA) is 32.3 Å². The van der Waals surface area contributed by atoms with Crippen LogP contribution in [0.5, 0.6) is 0 Å². The van der Waals surface area contributed by atoms with Crippen molar-refractivity contribution in [1.29, 1.82) is 0 Å². The minimum absolute atomic E-state index is 0.0243. The maximum atomic E-state index is 13.2. The molecular formula is C17H19ClFNO. The van der Waals surface area contributed by atoms with E-state index in [9.17, 15) is 4.39 Å². The molecule has 0 aromatic heterocycles. The van der Waals surface area contributed by atoms with Crippen molar-refractivity contribution in [2.75, 3.05) is 11.9 Å². The maximum Gasteiger partial charge on any atom is 0.141 e. The average Bonchev–Trinajstić information content (AvgIpc) is 2.48. The van der Waals surface area contributed by atoms with Gasteiger partial charge in [0.05, 0.1) is 5.02 Å². The summed E-state index contributed by atoms with van der Waals surface area (Å²) in [6.45, 7) is 2.20. The van der Waals surface area contributed by atoms with Crippen LogP contribution in [0.25, 0.3) is 0 Å². The monoisotopic (exact) mass is 307 g/mol. The van der Waals surface area contributed by atoms with Crippen molar-refractivity contribution in [3.8, 4) is 0 Å². The lowest BCUT2D eigenvalue weighted by Crippen LogP contribution is -2.07. The van der Waals surface area contributed by atoms with Gasteiger partial charge in [-0.3, -0.25) is 0 Å². The third kappa shape index (κ3) is 4.45. The third-order valence-electron chi connectivity index (χ3n) is 3.38. The first-order valence-electron chi connectivity index (χ1n) is 7.01. The summed E-state index contributed by atoms with van der Waals surface area (Å²) in [5.74, 6) is -0.404. The van der Waals surface area contributed by atoms with Crippen LogP contribution < -0.4 is 5.32 Å². The van der Waals surface area contributed by atoms with Gasteiger partial charge in [0.1, 0.15) is 5.82 Å². The zero-order valence-corrected chi connectivity index (χ0v) is 12.7. The molecule has 2 nitrogen and oxygen atoms in total. The largest absolute Gasteiger partial charge is 0.396 e. The molecule has 2 aromatic rings. The normalized spacial score (nSPS) is 12.2. The van der Waals surface area contributed by atoms with Gasteiger partial charge in [0.25, 0.3) is 0 Å². The first-order chi connectivity index (χ1) is 10.1. The SMILES string of the molecule is CC(Nc1cccc(CCCO)c1)c1ccc(F)c(Cl)c1. The Hall–Kier alpha value is -1.58. The second-order valence-electron chi connectivity index (χ2n) is 5.07. The first-order valence-corrected chi connectivity index (χ1v) is 7.39. The highest BCUT2D eigenvalue weighted by atomic mass is 35.5. The second kappa shape index (κ2) is 7.43. The van der Waals surface area contributed by atoms with Crippen LogP contribution in [-0.2, 0) is 6.42 Å². The van der Waals surface area contributed by atoms with Crippen LogP contribution in [0.4, 0.5) is 10.1 Å². The summed E-state index contributed by atoms with van der Waals surface area (Å²) in [6, 6.07) is 12.9. The Balaban J connectivity index is 2.07. The first kappa shape index (κ1) is 15.8. The van der Waals surface area contributed by atoms with Crippen molar-refractivity contribution in [2.45, 2.75) is 25.8 Å². The van der Waals surface area contributed by atoms with E-state index in [1.807, 2.05) is 25.1 Å². The van der Waals surface area contributed by atoms with Gasteiger partial charge >= 0.3 is 0 Å². The molecule has 1 unspecified atom stereocenters. The van der Waals surface area contributed by atoms with Gasteiger partial charge in [0.15, 0.2) is 0 Å². The highest BCUT2D eigenvalue weighted by molar-refractivity contribution is 6.30. The predicted molar refractivity (Wildman–Crippen MR) is 85.3 cm³/mol. The number of nitrogens with one attached hydrogen (secondary N) is 1. The van der Waals surface area contributed by atoms with Gasteiger partial charge in [0.2, 0.25) is 0 Å². The van der Waals surface area contributed by atoms with E-state index in [-0.39, 0.29) is 17.7 Å². The minimum atomic E-state index is -0.404. The highest BCUT2D eigenvalue weighted by Crippen LogP contribution is 2.24. The summed E-state index contributed by atoms with van der Waals surface area (Å²) >= 11 is 5.82. The molecule has 0 radical (unpaired) electrons. The van der Waals surface area contributed by atoms with Crippen molar-refractivity contribution in [3.63, 3.8) is 0 Å². The van der Waals surface area contributed by atoms with E-state index < -0.39 is 5.82 Å². The van der Waals surface area contributed by atoms with Gasteiger partial charge in [-0.2, -0.15) is 0 Å². The van der Waals surface area contributed by atoms with Crippen LogP contribution in [0.15, 0.2) is 42.5 Å². The highest BCUT2D eigenvalue weighted by Gasteiger charge is 2.08. The molecule has 0 saturated carbocycles. The number of hydrogen-bond acceptors (Lipinski definition) is 2. The molecule has 2 rings (SSSR count). The Labute approximate surface area is 129 Å². The van der Waals surface area contributed by atoms with Crippen LogP contribution in [0.2, 0.25) is 5.02 Å². The van der Waals surface area contributed by atoms with E-state index in [0.29, 0.717) is 0 Å². The number of rotatable bonds is 6. The smallest absolute Gasteiger partial charge is 0.141 e. The number of halogens is 2. The molecule has 2 aromatic carbocycles. The summed E-state index contributed by atoms with van der Waals surface area (Å²) < 4.78 is 13.2. The Morgan fingerprint density at radius 1 is 1.24 bits per heavy atom. The number of anilines is 1. The number of aliphatic hydroxyl groups is 1. The maximum absolute atomic E-state index is 13.2. The fourth-order valence-electron chi connectivity index (χ4n) is 2.21. The molecule has 0 aliphatic rings. The van der Waals surface area contributed by atoms with Crippen LogP contribution in [0.1, 0.15) is 30.5 Å². The van der Waals surface area contributed by atoms with Crippen LogP contribution in [0, 0.1) is 5.82 Å². The zero-order valence-electron chi connectivity index (χ0n) is 11.9. The molecule has 21 heavy (non-hydrogen) atoms. The molecule has 0 saturated heterocycles. The van der Waals surface area contributed by atoms with Gasteiger partial charge in [-0.15, -0.1) is 0 Å². The van der Waals surface area contributed by atoms with E-state index in [1.165, 1.54) is 11.6 Å². The molecule has 0 aliphatic carbocycles. The lowest BCUT2D eigenvalue weighted by Gasteiger charge is -2.17. The van der Waals surface area contributed by atoms with Gasteiger partial charge < -0.3 is 10.4 Å². The standard InChI is InChI=1S/C17H19ClFNO/c1-12(14-7-8-17(19)16(18)11-14)20-15-6-2-4-13(10-15)5-3-9-21/h2,4,6-8,10-12,20-21H,3,5,9H2,1H3. The van der Waals surface area contributed by atoms with Gasteiger partial charge in [-0.1, -0.05) is 29.8 Å². The van der Waals surface area contributed by atoms with E-state index in [1.54, 1.807) is 12.1 Å². The number of benzene rings is 2. The minimum Gasteiger partial charge on any atom is -0.396 e. The quantitative estimate of drug-likeness (QED) is 0.819. The molecule has 0 aliphatic heterocycles. The van der Waals surface area contributed by atoms with Crippen molar-refractivity contribution in [3.05, 3.63) is 64.4 Å². The van der Waals surface area contributed by atoms with E-state index in [4.69, 9.17) is 16.7 Å². The Bertz CT molecular complexity index is 603. The fourth-order valence-corrected chi connectivity index (χ4v) is 2.40. The van der Waals surface area contributed by atoms with Crippen molar-refractivity contribution >= 4 is 17.3 Å². The molecule has 0 heterocycles. The average molecular weight is 308 g/mol. The van der Waals surface area contributed by atoms with E-state index in [2.05, 4.69) is 11.4 Å². The number of aryl methyl sites for hydroxylation is 1. The van der Waals surface area contributed by atoms with Crippen molar-refractivity contribution in [1.82, 2.24) is 0 Å². The zero-order chi connectivity index (χ0) is 15.2. The van der Waals surface area contributed by atoms with E-state index in [0.717, 1.165) is 24.1 Å². The molecule has 0 bridgehead atoms. The number of hydrogen-bond donors (Lipinski definition) is 2. The predicted octanol–water partition coefficient (Wildman–Crippen LogP) is 4.58. The van der Waals surface area contributed by atoms with Crippen LogP contribution in [0.3, 0.4) is 0 Å². The summed E-state index contributed by atoms with van der Waals surface area (Å²) in [5.41, 5.74) is 3.11. The Morgan fingerprint density at radius 3 is 2.76 bits per heavy atom. The molecule has 2 N–H and O–H groups in total. The summed E-state index contributed by atoms with van der Waals surface area (Å²) in [6.07, 6.45) is 1.61. The summed E-state index contributed by atoms with van der Waals surface area (Å²) in [4.78, 5) is 0. The van der Waals surface area contributed by atoms with Gasteiger partial charge in [0, 0.05) is 18.3 Å². The fraction of sp³-hybridized carbons (Fsp3) is 0.294. The summed E-state index contributed by atoms with van der Waals surface area (Å²) in [7, 11) is 0. The van der Waals surface area contributed by atoms with Gasteiger partial charge in [-0.05, 0) is 55.2 Å². The van der Waals surface area contributed by atoms with Crippen LogP contribution >= 0.6 is 11.6 Å². The number of aliphatic hydroxyl groups excluding tert-OH is 1. The molecule has 112 valence electrons. The van der Waals surface area contributed by atoms with Crippen LogP contribution in [-0.4, -0.2) is 11.7 Å². The second-order valence-corrected chi connectivity index (χ2v) is 5.47. The van der Waals surface area contributed by atoms with Crippen molar-refractivity contribution in [2.24, 2.45) is 0 Å². The molecule has 0 fully saturated rings. The molecule has 1 atom stereocenters. The Morgan fingerprint density at radius 2 is 2.05 bits per heavy atom. The lowest BCUT2D eigenvalue weighted by molar-refractivity contribution is 0.288.